The Morgan fingerprint density at radius 1 is 1.33 bits per heavy atom. The molecule has 24 heavy (non-hydrogen) atoms. The standard InChI is InChI=1S/C17H26N4O3/c1-13(22)21-9-14(10-23-2)17(11-21)4-6-20(7-5-17)15-8-16(24-3)19-12-18-15/h8,12,14H,4-7,9-11H2,1-3H3/t14-/m1/s1. The zero-order chi connectivity index (χ0) is 17.2. The van der Waals surface area contributed by atoms with Crippen molar-refractivity contribution in [3.63, 3.8) is 0 Å². The van der Waals surface area contributed by atoms with Gasteiger partial charge in [-0.2, -0.15) is 0 Å². The molecule has 1 atom stereocenters. The van der Waals surface area contributed by atoms with Gasteiger partial charge in [0.05, 0.1) is 13.7 Å². The highest BCUT2D eigenvalue weighted by Gasteiger charge is 2.48. The molecule has 0 bridgehead atoms. The number of aromatic nitrogens is 2. The van der Waals surface area contributed by atoms with Gasteiger partial charge in [-0.05, 0) is 18.3 Å². The second-order valence-electron chi connectivity index (χ2n) is 6.82. The lowest BCUT2D eigenvalue weighted by Gasteiger charge is -2.42. The molecule has 2 saturated heterocycles. The van der Waals surface area contributed by atoms with Crippen LogP contribution in [0.1, 0.15) is 19.8 Å². The summed E-state index contributed by atoms with van der Waals surface area (Å²) < 4.78 is 10.6. The topological polar surface area (TPSA) is 67.8 Å². The quantitative estimate of drug-likeness (QED) is 0.824. The molecule has 132 valence electrons. The minimum absolute atomic E-state index is 0.162. The lowest BCUT2D eigenvalue weighted by molar-refractivity contribution is -0.128. The van der Waals surface area contributed by atoms with Crippen LogP contribution in [0.5, 0.6) is 5.88 Å². The molecule has 2 aliphatic heterocycles. The number of carbonyl (C=O) groups excluding carboxylic acids is 1. The number of rotatable bonds is 4. The number of amides is 1. The number of piperidine rings is 1. The first-order chi connectivity index (χ1) is 11.6. The Morgan fingerprint density at radius 3 is 2.71 bits per heavy atom. The molecule has 0 unspecified atom stereocenters. The number of methoxy groups -OCH3 is 2. The third-order valence-electron chi connectivity index (χ3n) is 5.55. The van der Waals surface area contributed by atoms with Crippen LogP contribution in [0.4, 0.5) is 5.82 Å². The van der Waals surface area contributed by atoms with Crippen molar-refractivity contribution in [2.45, 2.75) is 19.8 Å². The lowest BCUT2D eigenvalue weighted by Crippen LogP contribution is -2.45. The van der Waals surface area contributed by atoms with Gasteiger partial charge in [0.15, 0.2) is 0 Å². The molecule has 0 aliphatic carbocycles. The molecule has 2 aliphatic rings. The van der Waals surface area contributed by atoms with Gasteiger partial charge in [0.25, 0.3) is 0 Å². The van der Waals surface area contributed by atoms with E-state index in [1.54, 1.807) is 27.5 Å². The van der Waals surface area contributed by atoms with Crippen LogP contribution >= 0.6 is 0 Å². The second-order valence-corrected chi connectivity index (χ2v) is 6.82. The summed E-state index contributed by atoms with van der Waals surface area (Å²) in [5.41, 5.74) is 0.162. The van der Waals surface area contributed by atoms with E-state index < -0.39 is 0 Å². The molecule has 0 saturated carbocycles. The van der Waals surface area contributed by atoms with E-state index in [0.717, 1.165) is 44.8 Å². The molecule has 0 N–H and O–H groups in total. The maximum absolute atomic E-state index is 11.8. The molecule has 1 spiro atoms. The van der Waals surface area contributed by atoms with Crippen LogP contribution in [0.15, 0.2) is 12.4 Å². The number of ether oxygens (including phenoxy) is 2. The highest BCUT2D eigenvalue weighted by Crippen LogP contribution is 2.45. The van der Waals surface area contributed by atoms with Gasteiger partial charge in [-0.25, -0.2) is 9.97 Å². The van der Waals surface area contributed by atoms with E-state index in [-0.39, 0.29) is 11.3 Å². The van der Waals surface area contributed by atoms with Crippen molar-refractivity contribution in [2.75, 3.05) is 51.9 Å². The van der Waals surface area contributed by atoms with Crippen LogP contribution in [0, 0.1) is 11.3 Å². The van der Waals surface area contributed by atoms with Crippen LogP contribution in [0.2, 0.25) is 0 Å². The van der Waals surface area contributed by atoms with E-state index in [0.29, 0.717) is 18.4 Å². The summed E-state index contributed by atoms with van der Waals surface area (Å²) in [5, 5.41) is 0. The number of nitrogens with zero attached hydrogens (tertiary/aromatic N) is 4. The van der Waals surface area contributed by atoms with Crippen molar-refractivity contribution in [2.24, 2.45) is 11.3 Å². The predicted octanol–water partition coefficient (Wildman–Crippen LogP) is 1.20. The van der Waals surface area contributed by atoms with E-state index >= 15 is 0 Å². The maximum Gasteiger partial charge on any atom is 0.219 e. The average molecular weight is 334 g/mol. The molecule has 1 aromatic heterocycles. The van der Waals surface area contributed by atoms with Crippen molar-refractivity contribution in [3.05, 3.63) is 12.4 Å². The zero-order valence-electron chi connectivity index (χ0n) is 14.7. The van der Waals surface area contributed by atoms with Gasteiger partial charge in [-0.15, -0.1) is 0 Å². The van der Waals surface area contributed by atoms with Crippen LogP contribution in [-0.2, 0) is 9.53 Å². The number of anilines is 1. The van der Waals surface area contributed by atoms with Gasteiger partial charge in [0.1, 0.15) is 12.1 Å². The third kappa shape index (κ3) is 3.17. The Morgan fingerprint density at radius 2 is 2.08 bits per heavy atom. The van der Waals surface area contributed by atoms with E-state index in [4.69, 9.17) is 9.47 Å². The Labute approximate surface area is 143 Å². The van der Waals surface area contributed by atoms with E-state index in [9.17, 15) is 4.79 Å². The molecular weight excluding hydrogens is 308 g/mol. The molecule has 3 rings (SSSR count). The summed E-state index contributed by atoms with van der Waals surface area (Å²) in [6, 6.07) is 1.88. The number of likely N-dealkylation sites (tertiary alicyclic amines) is 1. The predicted molar refractivity (Wildman–Crippen MR) is 90.1 cm³/mol. The first-order valence-electron chi connectivity index (χ1n) is 8.43. The van der Waals surface area contributed by atoms with Crippen molar-refractivity contribution in [3.8, 4) is 5.88 Å². The van der Waals surface area contributed by atoms with Gasteiger partial charge in [0.2, 0.25) is 11.8 Å². The van der Waals surface area contributed by atoms with Crippen LogP contribution in [0.3, 0.4) is 0 Å². The minimum atomic E-state index is 0.162. The SMILES string of the molecule is COC[C@H]1CN(C(C)=O)CC12CCN(c1cc(OC)ncn1)CC2. The Balaban J connectivity index is 1.71. The highest BCUT2D eigenvalue weighted by atomic mass is 16.5. The summed E-state index contributed by atoms with van der Waals surface area (Å²) in [4.78, 5) is 24.5. The normalized spacial score (nSPS) is 22.9. The average Bonchev–Trinajstić information content (AvgIpc) is 2.94. The van der Waals surface area contributed by atoms with Gasteiger partial charge in [-0.3, -0.25) is 4.79 Å². The summed E-state index contributed by atoms with van der Waals surface area (Å²) in [6.45, 7) is 5.87. The number of hydrogen-bond donors (Lipinski definition) is 0. The maximum atomic E-state index is 11.8. The van der Waals surface area contributed by atoms with Crippen molar-refractivity contribution in [1.29, 1.82) is 0 Å². The van der Waals surface area contributed by atoms with E-state index in [1.165, 1.54) is 0 Å². The summed E-state index contributed by atoms with van der Waals surface area (Å²) in [5.74, 6) is 2.06. The highest BCUT2D eigenvalue weighted by molar-refractivity contribution is 5.73. The number of carbonyl (C=O) groups is 1. The van der Waals surface area contributed by atoms with Crippen LogP contribution in [0.25, 0.3) is 0 Å². The Kier molecular flexibility index (Phi) is 4.89. The first kappa shape index (κ1) is 17.0. The summed E-state index contributed by atoms with van der Waals surface area (Å²) in [6.07, 6.45) is 3.62. The van der Waals surface area contributed by atoms with Crippen molar-refractivity contribution >= 4 is 11.7 Å². The zero-order valence-corrected chi connectivity index (χ0v) is 14.7. The molecule has 7 heteroatoms. The fourth-order valence-corrected chi connectivity index (χ4v) is 4.07. The fraction of sp³-hybridized carbons (Fsp3) is 0.706. The molecule has 1 amide bonds. The monoisotopic (exact) mass is 334 g/mol. The largest absolute Gasteiger partial charge is 0.481 e. The molecule has 0 aromatic carbocycles. The number of hydrogen-bond acceptors (Lipinski definition) is 6. The summed E-state index contributed by atoms with van der Waals surface area (Å²) >= 11 is 0. The van der Waals surface area contributed by atoms with Gasteiger partial charge >= 0.3 is 0 Å². The van der Waals surface area contributed by atoms with Gasteiger partial charge in [-0.1, -0.05) is 0 Å². The third-order valence-corrected chi connectivity index (χ3v) is 5.55. The minimum Gasteiger partial charge on any atom is -0.481 e. The fourth-order valence-electron chi connectivity index (χ4n) is 4.07. The van der Waals surface area contributed by atoms with Crippen LogP contribution < -0.4 is 9.64 Å². The van der Waals surface area contributed by atoms with E-state index in [1.807, 2.05) is 11.0 Å². The first-order valence-corrected chi connectivity index (χ1v) is 8.43. The van der Waals surface area contributed by atoms with Crippen molar-refractivity contribution < 1.29 is 14.3 Å². The molecule has 3 heterocycles. The van der Waals surface area contributed by atoms with Gasteiger partial charge in [0, 0.05) is 52.2 Å². The van der Waals surface area contributed by atoms with Gasteiger partial charge < -0.3 is 19.3 Å². The Hall–Kier alpha value is -1.89. The molecule has 0 radical (unpaired) electrons. The second kappa shape index (κ2) is 6.93. The molecule has 7 nitrogen and oxygen atoms in total. The molecular formula is C17H26N4O3. The lowest BCUT2D eigenvalue weighted by atomic mass is 9.71. The molecule has 1 aromatic rings. The molecule has 2 fully saturated rings. The van der Waals surface area contributed by atoms with E-state index in [2.05, 4.69) is 14.9 Å². The smallest absolute Gasteiger partial charge is 0.219 e. The Bertz CT molecular complexity index is 587. The van der Waals surface area contributed by atoms with Crippen molar-refractivity contribution in [1.82, 2.24) is 14.9 Å². The summed E-state index contributed by atoms with van der Waals surface area (Å²) in [7, 11) is 3.36. The van der Waals surface area contributed by atoms with Crippen LogP contribution in [-0.4, -0.2) is 67.8 Å².